The third-order valence-electron chi connectivity index (χ3n) is 2.55. The van der Waals surface area contributed by atoms with Crippen LogP contribution in [0.2, 0.25) is 0 Å². The molecule has 0 saturated carbocycles. The molecular weight excluding hydrogens is 202 g/mol. The second-order valence-electron chi connectivity index (χ2n) is 3.75. The van der Waals surface area contributed by atoms with Crippen molar-refractivity contribution in [2.45, 2.75) is 13.0 Å². The number of benzene rings is 1. The fourth-order valence-corrected chi connectivity index (χ4v) is 1.74. The van der Waals surface area contributed by atoms with Crippen molar-refractivity contribution in [1.82, 2.24) is 10.3 Å². The number of amides is 1. The molecule has 1 heterocycles. The van der Waals surface area contributed by atoms with Crippen molar-refractivity contribution in [1.29, 1.82) is 0 Å². The highest BCUT2D eigenvalue weighted by molar-refractivity contribution is 5.82. The van der Waals surface area contributed by atoms with E-state index in [0.717, 1.165) is 12.1 Å². The van der Waals surface area contributed by atoms with Gasteiger partial charge in [0, 0.05) is 36.6 Å². The number of hydrogen-bond acceptors (Lipinski definition) is 2. The largest absolute Gasteiger partial charge is 0.370 e. The number of primary amides is 1. The van der Waals surface area contributed by atoms with Gasteiger partial charge in [0.1, 0.15) is 0 Å². The molecule has 4 N–H and O–H groups in total. The minimum Gasteiger partial charge on any atom is -0.370 e. The monoisotopic (exact) mass is 217 g/mol. The van der Waals surface area contributed by atoms with E-state index in [1.165, 1.54) is 10.9 Å². The van der Waals surface area contributed by atoms with Gasteiger partial charge in [0.15, 0.2) is 0 Å². The van der Waals surface area contributed by atoms with Crippen LogP contribution in [0.25, 0.3) is 10.9 Å². The molecule has 84 valence electrons. The second kappa shape index (κ2) is 4.81. The standard InChI is InChI=1S/C12H15N3O/c13-12(16)5-6-14-8-9-2-1-3-11-10(9)4-7-15-11/h1-4,7,14-15H,5-6,8H2,(H2,13,16). The molecule has 16 heavy (non-hydrogen) atoms. The first-order valence-corrected chi connectivity index (χ1v) is 5.31. The molecule has 1 aromatic heterocycles. The zero-order chi connectivity index (χ0) is 11.4. The molecule has 0 radical (unpaired) electrons. The molecule has 0 aliphatic rings. The third-order valence-corrected chi connectivity index (χ3v) is 2.55. The third kappa shape index (κ3) is 2.41. The number of aromatic amines is 1. The van der Waals surface area contributed by atoms with Gasteiger partial charge in [0.05, 0.1) is 0 Å². The molecule has 0 aliphatic carbocycles. The van der Waals surface area contributed by atoms with Gasteiger partial charge in [0.25, 0.3) is 0 Å². The molecule has 4 heteroatoms. The highest BCUT2D eigenvalue weighted by Gasteiger charge is 2.01. The molecular formula is C12H15N3O. The molecule has 2 aromatic rings. The zero-order valence-electron chi connectivity index (χ0n) is 8.99. The Labute approximate surface area is 93.8 Å². The number of fused-ring (bicyclic) bond motifs is 1. The smallest absolute Gasteiger partial charge is 0.218 e. The maximum Gasteiger partial charge on any atom is 0.218 e. The van der Waals surface area contributed by atoms with Crippen LogP contribution in [0.4, 0.5) is 0 Å². The summed E-state index contributed by atoms with van der Waals surface area (Å²) in [5.41, 5.74) is 7.42. The summed E-state index contributed by atoms with van der Waals surface area (Å²) in [5.74, 6) is -0.271. The van der Waals surface area contributed by atoms with Crippen LogP contribution < -0.4 is 11.1 Å². The lowest BCUT2D eigenvalue weighted by atomic mass is 10.1. The van der Waals surface area contributed by atoms with Gasteiger partial charge in [-0.2, -0.15) is 0 Å². The van der Waals surface area contributed by atoms with Gasteiger partial charge in [0.2, 0.25) is 5.91 Å². The van der Waals surface area contributed by atoms with E-state index < -0.39 is 0 Å². The maximum absolute atomic E-state index is 10.6. The van der Waals surface area contributed by atoms with Crippen molar-refractivity contribution in [2.24, 2.45) is 5.73 Å². The summed E-state index contributed by atoms with van der Waals surface area (Å²) in [6, 6.07) is 8.19. The van der Waals surface area contributed by atoms with Crippen molar-refractivity contribution in [3.05, 3.63) is 36.0 Å². The Morgan fingerprint density at radius 1 is 1.38 bits per heavy atom. The Bertz CT molecular complexity index is 490. The van der Waals surface area contributed by atoms with E-state index in [9.17, 15) is 4.79 Å². The van der Waals surface area contributed by atoms with E-state index in [0.29, 0.717) is 13.0 Å². The van der Waals surface area contributed by atoms with E-state index >= 15 is 0 Å². The molecule has 0 atom stereocenters. The van der Waals surface area contributed by atoms with Gasteiger partial charge in [-0.1, -0.05) is 12.1 Å². The van der Waals surface area contributed by atoms with Crippen molar-refractivity contribution in [3.63, 3.8) is 0 Å². The number of hydrogen-bond donors (Lipinski definition) is 3. The highest BCUT2D eigenvalue weighted by atomic mass is 16.1. The van der Waals surface area contributed by atoms with E-state index in [-0.39, 0.29) is 5.91 Å². The topological polar surface area (TPSA) is 70.9 Å². The van der Waals surface area contributed by atoms with Crippen LogP contribution in [-0.2, 0) is 11.3 Å². The van der Waals surface area contributed by atoms with Crippen LogP contribution in [0.1, 0.15) is 12.0 Å². The quantitative estimate of drug-likeness (QED) is 0.657. The van der Waals surface area contributed by atoms with Crippen molar-refractivity contribution in [2.75, 3.05) is 6.54 Å². The van der Waals surface area contributed by atoms with Crippen molar-refractivity contribution in [3.8, 4) is 0 Å². The normalized spacial score (nSPS) is 10.8. The van der Waals surface area contributed by atoms with Crippen molar-refractivity contribution < 1.29 is 4.79 Å². The molecule has 0 bridgehead atoms. The van der Waals surface area contributed by atoms with E-state index in [2.05, 4.69) is 22.4 Å². The van der Waals surface area contributed by atoms with Gasteiger partial charge in [-0.25, -0.2) is 0 Å². The Balaban J connectivity index is 1.98. The summed E-state index contributed by atoms with van der Waals surface area (Å²) in [6.45, 7) is 1.37. The Hall–Kier alpha value is -1.81. The summed E-state index contributed by atoms with van der Waals surface area (Å²) >= 11 is 0. The van der Waals surface area contributed by atoms with Crippen LogP contribution in [0, 0.1) is 0 Å². The molecule has 0 spiro atoms. The number of rotatable bonds is 5. The number of carbonyl (C=O) groups is 1. The minimum atomic E-state index is -0.271. The average molecular weight is 217 g/mol. The summed E-state index contributed by atoms with van der Waals surface area (Å²) in [5, 5.41) is 4.42. The molecule has 0 aliphatic heterocycles. The molecule has 2 rings (SSSR count). The number of carbonyl (C=O) groups excluding carboxylic acids is 1. The molecule has 1 aromatic carbocycles. The first-order chi connectivity index (χ1) is 7.77. The van der Waals surface area contributed by atoms with E-state index in [1.807, 2.05) is 18.3 Å². The molecule has 0 unspecified atom stereocenters. The fraction of sp³-hybridized carbons (Fsp3) is 0.250. The van der Waals surface area contributed by atoms with Gasteiger partial charge >= 0.3 is 0 Å². The Kier molecular flexibility index (Phi) is 3.22. The molecule has 0 saturated heterocycles. The Morgan fingerprint density at radius 2 is 2.25 bits per heavy atom. The highest BCUT2D eigenvalue weighted by Crippen LogP contribution is 2.16. The van der Waals surface area contributed by atoms with Gasteiger partial charge in [-0.3, -0.25) is 4.79 Å². The van der Waals surface area contributed by atoms with Crippen LogP contribution >= 0.6 is 0 Å². The predicted octanol–water partition coefficient (Wildman–Crippen LogP) is 1.13. The molecule has 4 nitrogen and oxygen atoms in total. The summed E-state index contributed by atoms with van der Waals surface area (Å²) in [7, 11) is 0. The van der Waals surface area contributed by atoms with E-state index in [1.54, 1.807) is 0 Å². The maximum atomic E-state index is 10.6. The molecule has 0 fully saturated rings. The number of nitrogens with two attached hydrogens (primary N) is 1. The second-order valence-corrected chi connectivity index (χ2v) is 3.75. The van der Waals surface area contributed by atoms with Crippen molar-refractivity contribution >= 4 is 16.8 Å². The van der Waals surface area contributed by atoms with Gasteiger partial charge < -0.3 is 16.0 Å². The lowest BCUT2D eigenvalue weighted by molar-refractivity contribution is -0.117. The van der Waals surface area contributed by atoms with Gasteiger partial charge in [-0.05, 0) is 17.7 Å². The first-order valence-electron chi connectivity index (χ1n) is 5.31. The zero-order valence-corrected chi connectivity index (χ0v) is 8.99. The van der Waals surface area contributed by atoms with Crippen LogP contribution in [0.15, 0.2) is 30.5 Å². The number of H-pyrrole nitrogens is 1. The Morgan fingerprint density at radius 3 is 3.06 bits per heavy atom. The minimum absolute atomic E-state index is 0.271. The van der Waals surface area contributed by atoms with Crippen LogP contribution in [-0.4, -0.2) is 17.4 Å². The van der Waals surface area contributed by atoms with Gasteiger partial charge in [-0.15, -0.1) is 0 Å². The predicted molar refractivity (Wildman–Crippen MR) is 63.8 cm³/mol. The SMILES string of the molecule is NC(=O)CCNCc1cccc2[nH]ccc12. The summed E-state index contributed by atoms with van der Waals surface area (Å²) in [6.07, 6.45) is 2.31. The van der Waals surface area contributed by atoms with Crippen LogP contribution in [0.5, 0.6) is 0 Å². The summed E-state index contributed by atoms with van der Waals surface area (Å²) < 4.78 is 0. The number of aromatic nitrogens is 1. The molecule has 1 amide bonds. The lowest BCUT2D eigenvalue weighted by Gasteiger charge is -2.04. The first kappa shape index (κ1) is 10.7. The van der Waals surface area contributed by atoms with Crippen LogP contribution in [0.3, 0.4) is 0 Å². The fourth-order valence-electron chi connectivity index (χ4n) is 1.74. The lowest BCUT2D eigenvalue weighted by Crippen LogP contribution is -2.21. The summed E-state index contributed by atoms with van der Waals surface area (Å²) in [4.78, 5) is 13.7. The van der Waals surface area contributed by atoms with E-state index in [4.69, 9.17) is 5.73 Å². The average Bonchev–Trinajstić information content (AvgIpc) is 2.72. The number of nitrogens with one attached hydrogen (secondary N) is 2.